The molecule has 2 aromatic carbocycles. The number of carbonyl (C=O) groups is 2. The highest BCUT2D eigenvalue weighted by atomic mass is 32.2. The molecule has 0 bridgehead atoms. The lowest BCUT2D eigenvalue weighted by Gasteiger charge is -2.14. The van der Waals surface area contributed by atoms with Gasteiger partial charge in [0.05, 0.1) is 18.6 Å². The van der Waals surface area contributed by atoms with Crippen LogP contribution < -0.4 is 10.1 Å². The summed E-state index contributed by atoms with van der Waals surface area (Å²) in [5, 5.41) is 2.25. The van der Waals surface area contributed by atoms with Crippen LogP contribution in [0.15, 0.2) is 47.4 Å². The quantitative estimate of drug-likeness (QED) is 0.586. The topological polar surface area (TPSA) is 64.6 Å². The lowest BCUT2D eigenvalue weighted by Crippen LogP contribution is -2.30. The first-order valence-electron chi connectivity index (χ1n) is 7.61. The molecule has 0 aliphatic rings. The monoisotopic (exact) mass is 381 g/mol. The summed E-state index contributed by atoms with van der Waals surface area (Å²) >= 11 is 1.25. The van der Waals surface area contributed by atoms with E-state index in [1.54, 1.807) is 31.4 Å². The molecule has 1 atom stereocenters. The molecule has 0 saturated heterocycles. The minimum absolute atomic E-state index is 0.00879. The van der Waals surface area contributed by atoms with Gasteiger partial charge < -0.3 is 14.8 Å². The van der Waals surface area contributed by atoms with Gasteiger partial charge in [0.15, 0.2) is 6.10 Å². The molecule has 1 amide bonds. The van der Waals surface area contributed by atoms with Crippen LogP contribution in [0, 0.1) is 11.6 Å². The highest BCUT2D eigenvalue weighted by Crippen LogP contribution is 2.21. The van der Waals surface area contributed by atoms with Gasteiger partial charge >= 0.3 is 5.97 Å². The summed E-state index contributed by atoms with van der Waals surface area (Å²) in [4.78, 5) is 24.6. The highest BCUT2D eigenvalue weighted by Gasteiger charge is 2.19. The molecule has 2 aromatic rings. The minimum atomic E-state index is -1.12. The minimum Gasteiger partial charge on any atom is -0.497 e. The van der Waals surface area contributed by atoms with Crippen molar-refractivity contribution in [3.8, 4) is 5.75 Å². The molecule has 0 aliphatic carbocycles. The Kier molecular flexibility index (Phi) is 6.97. The normalized spacial score (nSPS) is 11.5. The summed E-state index contributed by atoms with van der Waals surface area (Å²) in [5.74, 6) is -2.25. The fourth-order valence-corrected chi connectivity index (χ4v) is 2.61. The van der Waals surface area contributed by atoms with Crippen molar-refractivity contribution in [1.29, 1.82) is 0 Å². The molecular formula is C18H17F2NO4S. The first-order chi connectivity index (χ1) is 12.4. The van der Waals surface area contributed by atoms with E-state index < -0.39 is 29.6 Å². The van der Waals surface area contributed by atoms with Crippen LogP contribution in [-0.4, -0.2) is 30.8 Å². The van der Waals surface area contributed by atoms with E-state index in [4.69, 9.17) is 9.47 Å². The number of esters is 1. The second-order valence-electron chi connectivity index (χ2n) is 5.21. The standard InChI is InChI=1S/C18H17F2NO4S/c1-11(18(23)21-16-8-3-12(19)9-15(16)20)25-17(22)10-26-14-6-4-13(24-2)5-7-14/h3-9,11H,10H2,1-2H3,(H,21,23)/t11-/m1/s1. The Bertz CT molecular complexity index is 783. The maximum atomic E-state index is 13.5. The van der Waals surface area contributed by atoms with Gasteiger partial charge in [0.1, 0.15) is 17.4 Å². The summed E-state index contributed by atoms with van der Waals surface area (Å²) < 4.78 is 36.4. The van der Waals surface area contributed by atoms with Crippen LogP contribution in [0.25, 0.3) is 0 Å². The van der Waals surface area contributed by atoms with Crippen LogP contribution in [-0.2, 0) is 14.3 Å². The van der Waals surface area contributed by atoms with Crippen LogP contribution in [0.5, 0.6) is 5.75 Å². The van der Waals surface area contributed by atoms with Gasteiger partial charge in [-0.25, -0.2) is 8.78 Å². The van der Waals surface area contributed by atoms with E-state index in [0.29, 0.717) is 11.8 Å². The molecular weight excluding hydrogens is 364 g/mol. The number of hydrogen-bond acceptors (Lipinski definition) is 5. The summed E-state index contributed by atoms with van der Waals surface area (Å²) in [7, 11) is 1.56. The second-order valence-corrected chi connectivity index (χ2v) is 6.26. The Morgan fingerprint density at radius 3 is 2.46 bits per heavy atom. The SMILES string of the molecule is COc1ccc(SCC(=O)O[C@H](C)C(=O)Nc2ccc(F)cc2F)cc1. The fourth-order valence-electron chi connectivity index (χ4n) is 1.92. The van der Waals surface area contributed by atoms with Crippen molar-refractivity contribution in [3.05, 3.63) is 54.1 Å². The number of methoxy groups -OCH3 is 1. The van der Waals surface area contributed by atoms with Crippen LogP contribution in [0.4, 0.5) is 14.5 Å². The van der Waals surface area contributed by atoms with Crippen molar-refractivity contribution in [2.75, 3.05) is 18.2 Å². The van der Waals surface area contributed by atoms with E-state index >= 15 is 0 Å². The predicted octanol–water partition coefficient (Wildman–Crippen LogP) is 3.64. The molecule has 0 fully saturated rings. The molecule has 8 heteroatoms. The number of anilines is 1. The van der Waals surface area contributed by atoms with Gasteiger partial charge in [0.2, 0.25) is 0 Å². The first-order valence-corrected chi connectivity index (χ1v) is 8.60. The Hall–Kier alpha value is -2.61. The van der Waals surface area contributed by atoms with E-state index in [2.05, 4.69) is 5.32 Å². The van der Waals surface area contributed by atoms with Crippen molar-refractivity contribution in [2.24, 2.45) is 0 Å². The number of hydrogen-bond donors (Lipinski definition) is 1. The number of thioether (sulfide) groups is 1. The zero-order valence-electron chi connectivity index (χ0n) is 14.1. The largest absolute Gasteiger partial charge is 0.497 e. The predicted molar refractivity (Wildman–Crippen MR) is 94.3 cm³/mol. The second kappa shape index (κ2) is 9.19. The molecule has 0 saturated carbocycles. The molecule has 0 unspecified atom stereocenters. The average molecular weight is 381 g/mol. The summed E-state index contributed by atoms with van der Waals surface area (Å²) in [6.45, 7) is 1.37. The van der Waals surface area contributed by atoms with Crippen molar-refractivity contribution in [2.45, 2.75) is 17.9 Å². The van der Waals surface area contributed by atoms with E-state index in [0.717, 1.165) is 17.0 Å². The van der Waals surface area contributed by atoms with Crippen LogP contribution in [0.1, 0.15) is 6.92 Å². The highest BCUT2D eigenvalue weighted by molar-refractivity contribution is 8.00. The number of rotatable bonds is 7. The summed E-state index contributed by atoms with van der Waals surface area (Å²) in [6.07, 6.45) is -1.12. The van der Waals surface area contributed by atoms with Gasteiger partial charge in [-0.15, -0.1) is 11.8 Å². The summed E-state index contributed by atoms with van der Waals surface area (Å²) in [6, 6.07) is 9.88. The van der Waals surface area contributed by atoms with Crippen molar-refractivity contribution >= 4 is 29.3 Å². The molecule has 138 valence electrons. The number of halogens is 2. The van der Waals surface area contributed by atoms with E-state index in [-0.39, 0.29) is 11.4 Å². The Morgan fingerprint density at radius 2 is 1.85 bits per heavy atom. The van der Waals surface area contributed by atoms with Crippen LogP contribution in [0.3, 0.4) is 0 Å². The van der Waals surface area contributed by atoms with E-state index in [9.17, 15) is 18.4 Å². The molecule has 5 nitrogen and oxygen atoms in total. The summed E-state index contributed by atoms with van der Waals surface area (Å²) in [5.41, 5.74) is -0.188. The van der Waals surface area contributed by atoms with Gasteiger partial charge in [-0.3, -0.25) is 9.59 Å². The number of ether oxygens (including phenoxy) is 2. The molecule has 2 rings (SSSR count). The molecule has 0 aromatic heterocycles. The van der Waals surface area contributed by atoms with Gasteiger partial charge in [-0.2, -0.15) is 0 Å². The van der Waals surface area contributed by atoms with E-state index in [1.165, 1.54) is 18.7 Å². The molecule has 0 spiro atoms. The number of benzene rings is 2. The zero-order valence-corrected chi connectivity index (χ0v) is 14.9. The van der Waals surface area contributed by atoms with Gasteiger partial charge in [-0.1, -0.05) is 0 Å². The Balaban J connectivity index is 1.82. The smallest absolute Gasteiger partial charge is 0.317 e. The number of nitrogens with one attached hydrogen (secondary N) is 1. The zero-order chi connectivity index (χ0) is 19.1. The molecule has 0 heterocycles. The molecule has 0 radical (unpaired) electrons. The van der Waals surface area contributed by atoms with Gasteiger partial charge in [-0.05, 0) is 43.3 Å². The van der Waals surface area contributed by atoms with Gasteiger partial charge in [0, 0.05) is 11.0 Å². The van der Waals surface area contributed by atoms with Crippen LogP contribution in [0.2, 0.25) is 0 Å². The average Bonchev–Trinajstić information content (AvgIpc) is 2.62. The maximum absolute atomic E-state index is 13.5. The molecule has 0 aliphatic heterocycles. The molecule has 1 N–H and O–H groups in total. The number of carbonyl (C=O) groups excluding carboxylic acids is 2. The van der Waals surface area contributed by atoms with E-state index in [1.807, 2.05) is 0 Å². The lowest BCUT2D eigenvalue weighted by atomic mass is 10.2. The fraction of sp³-hybridized carbons (Fsp3) is 0.222. The maximum Gasteiger partial charge on any atom is 0.317 e. The third-order valence-electron chi connectivity index (χ3n) is 3.28. The Morgan fingerprint density at radius 1 is 1.15 bits per heavy atom. The van der Waals surface area contributed by atoms with Crippen molar-refractivity contribution in [3.63, 3.8) is 0 Å². The third-order valence-corrected chi connectivity index (χ3v) is 4.27. The van der Waals surface area contributed by atoms with Gasteiger partial charge in [0.25, 0.3) is 5.91 Å². The first kappa shape index (κ1) is 19.7. The number of amides is 1. The third kappa shape index (κ3) is 5.73. The van der Waals surface area contributed by atoms with Crippen molar-refractivity contribution < 1.29 is 27.8 Å². The van der Waals surface area contributed by atoms with Crippen molar-refractivity contribution in [1.82, 2.24) is 0 Å². The lowest BCUT2D eigenvalue weighted by molar-refractivity contribution is -0.150. The Labute approximate surface area is 153 Å². The molecule has 26 heavy (non-hydrogen) atoms. The van der Waals surface area contributed by atoms with Crippen LogP contribution >= 0.6 is 11.8 Å².